The van der Waals surface area contributed by atoms with Gasteiger partial charge in [-0.3, -0.25) is 4.79 Å². The average molecular weight is 369 g/mol. The summed E-state index contributed by atoms with van der Waals surface area (Å²) in [7, 11) is 0. The first-order chi connectivity index (χ1) is 13.2. The van der Waals surface area contributed by atoms with Crippen molar-refractivity contribution in [3.05, 3.63) is 65.5 Å². The van der Waals surface area contributed by atoms with Gasteiger partial charge in [0.25, 0.3) is 5.91 Å². The molecule has 2 aromatic rings. The maximum absolute atomic E-state index is 13.5. The Morgan fingerprint density at radius 1 is 1.15 bits per heavy atom. The van der Waals surface area contributed by atoms with E-state index in [1.165, 1.54) is 12.1 Å². The van der Waals surface area contributed by atoms with Gasteiger partial charge in [-0.15, -0.1) is 0 Å². The van der Waals surface area contributed by atoms with Crippen molar-refractivity contribution >= 4 is 5.91 Å². The molecule has 4 nitrogen and oxygen atoms in total. The maximum atomic E-state index is 13.5. The lowest BCUT2D eigenvalue weighted by atomic mass is 10.1. The summed E-state index contributed by atoms with van der Waals surface area (Å²) in [6.45, 7) is 1.72. The molecule has 1 aliphatic carbocycles. The van der Waals surface area contributed by atoms with E-state index in [-0.39, 0.29) is 23.9 Å². The largest absolute Gasteiger partial charge is 0.491 e. The molecule has 1 saturated carbocycles. The maximum Gasteiger partial charge on any atom is 0.254 e. The minimum absolute atomic E-state index is 0.0377. The van der Waals surface area contributed by atoms with Gasteiger partial charge in [-0.2, -0.15) is 0 Å². The van der Waals surface area contributed by atoms with Crippen LogP contribution in [0.3, 0.4) is 0 Å². The summed E-state index contributed by atoms with van der Waals surface area (Å²) >= 11 is 0. The molecule has 2 aromatic carbocycles. The lowest BCUT2D eigenvalue weighted by Crippen LogP contribution is -2.32. The number of carbonyl (C=O) groups excluding carboxylic acids is 1. The third kappa shape index (κ3) is 4.66. The number of nitrogens with zero attached hydrogens (tertiary/aromatic N) is 1. The van der Waals surface area contributed by atoms with Crippen molar-refractivity contribution in [2.45, 2.75) is 44.4 Å². The SMILES string of the molecule is O=C(c1cccc(OCC2CCCO2)c1)N(Cc1cccc(F)c1)C1CC1. The van der Waals surface area contributed by atoms with E-state index in [9.17, 15) is 9.18 Å². The molecule has 2 fully saturated rings. The second-order valence-corrected chi connectivity index (χ2v) is 7.27. The molecule has 5 heteroatoms. The van der Waals surface area contributed by atoms with E-state index >= 15 is 0 Å². The van der Waals surface area contributed by atoms with Gasteiger partial charge in [0, 0.05) is 24.8 Å². The van der Waals surface area contributed by atoms with E-state index in [2.05, 4.69) is 0 Å². The van der Waals surface area contributed by atoms with Crippen LogP contribution >= 0.6 is 0 Å². The quantitative estimate of drug-likeness (QED) is 0.735. The highest BCUT2D eigenvalue weighted by Gasteiger charge is 2.33. The van der Waals surface area contributed by atoms with Gasteiger partial charge in [0.2, 0.25) is 0 Å². The van der Waals surface area contributed by atoms with Crippen LogP contribution in [0.2, 0.25) is 0 Å². The Balaban J connectivity index is 1.45. The van der Waals surface area contributed by atoms with Crippen LogP contribution in [-0.4, -0.2) is 36.2 Å². The Morgan fingerprint density at radius 3 is 2.74 bits per heavy atom. The Labute approximate surface area is 158 Å². The highest BCUT2D eigenvalue weighted by atomic mass is 19.1. The third-order valence-electron chi connectivity index (χ3n) is 5.03. The molecule has 1 saturated heterocycles. The van der Waals surface area contributed by atoms with Gasteiger partial charge < -0.3 is 14.4 Å². The monoisotopic (exact) mass is 369 g/mol. The van der Waals surface area contributed by atoms with E-state index < -0.39 is 0 Å². The molecule has 1 unspecified atom stereocenters. The van der Waals surface area contributed by atoms with E-state index in [1.54, 1.807) is 12.1 Å². The minimum atomic E-state index is -0.278. The summed E-state index contributed by atoms with van der Waals surface area (Å²) < 4.78 is 24.9. The number of ether oxygens (including phenoxy) is 2. The second-order valence-electron chi connectivity index (χ2n) is 7.27. The number of carbonyl (C=O) groups is 1. The van der Waals surface area contributed by atoms with Crippen molar-refractivity contribution in [3.8, 4) is 5.75 Å². The molecule has 27 heavy (non-hydrogen) atoms. The molecule has 0 spiro atoms. The fourth-order valence-electron chi connectivity index (χ4n) is 3.43. The molecular weight excluding hydrogens is 345 g/mol. The van der Waals surface area contributed by atoms with E-state index in [0.29, 0.717) is 24.5 Å². The van der Waals surface area contributed by atoms with Gasteiger partial charge in [-0.05, 0) is 61.6 Å². The standard InChI is InChI=1S/C22H24FNO3/c23-18-6-1-4-16(12-18)14-24(19-9-10-19)22(25)17-5-2-7-20(13-17)27-15-21-8-3-11-26-21/h1-2,4-7,12-13,19,21H,3,8-11,14-15H2. The lowest BCUT2D eigenvalue weighted by Gasteiger charge is -2.23. The highest BCUT2D eigenvalue weighted by molar-refractivity contribution is 5.95. The van der Waals surface area contributed by atoms with Crippen LogP contribution in [0.25, 0.3) is 0 Å². The fraction of sp³-hybridized carbons (Fsp3) is 0.409. The van der Waals surface area contributed by atoms with Gasteiger partial charge in [-0.1, -0.05) is 18.2 Å². The van der Waals surface area contributed by atoms with Gasteiger partial charge in [0.15, 0.2) is 0 Å². The summed E-state index contributed by atoms with van der Waals surface area (Å²) in [5.41, 5.74) is 1.41. The van der Waals surface area contributed by atoms with Crippen LogP contribution in [0.15, 0.2) is 48.5 Å². The predicted octanol–water partition coefficient (Wildman–Crippen LogP) is 4.19. The zero-order chi connectivity index (χ0) is 18.6. The zero-order valence-corrected chi connectivity index (χ0v) is 15.3. The zero-order valence-electron chi connectivity index (χ0n) is 15.3. The summed E-state index contributed by atoms with van der Waals surface area (Å²) in [6.07, 6.45) is 4.22. The predicted molar refractivity (Wildman–Crippen MR) is 100 cm³/mol. The highest BCUT2D eigenvalue weighted by Crippen LogP contribution is 2.30. The first kappa shape index (κ1) is 18.0. The summed E-state index contributed by atoms with van der Waals surface area (Å²) in [6, 6.07) is 14.0. The molecule has 0 aromatic heterocycles. The summed E-state index contributed by atoms with van der Waals surface area (Å²) in [4.78, 5) is 14.9. The Morgan fingerprint density at radius 2 is 2.00 bits per heavy atom. The Hall–Kier alpha value is -2.40. The molecule has 1 amide bonds. The van der Waals surface area contributed by atoms with E-state index in [4.69, 9.17) is 9.47 Å². The van der Waals surface area contributed by atoms with Crippen LogP contribution in [0, 0.1) is 5.82 Å². The number of halogens is 1. The minimum Gasteiger partial charge on any atom is -0.491 e. The molecule has 2 aliphatic rings. The number of hydrogen-bond donors (Lipinski definition) is 0. The van der Waals surface area contributed by atoms with Crippen molar-refractivity contribution in [1.82, 2.24) is 4.90 Å². The molecular formula is C22H24FNO3. The number of hydrogen-bond acceptors (Lipinski definition) is 3. The molecule has 0 bridgehead atoms. The average Bonchev–Trinajstić information content (AvgIpc) is 3.39. The molecule has 1 atom stereocenters. The van der Waals surface area contributed by atoms with Gasteiger partial charge in [-0.25, -0.2) is 4.39 Å². The van der Waals surface area contributed by atoms with Gasteiger partial charge >= 0.3 is 0 Å². The number of amides is 1. The fourth-order valence-corrected chi connectivity index (χ4v) is 3.43. The third-order valence-corrected chi connectivity index (χ3v) is 5.03. The number of rotatable bonds is 7. The topological polar surface area (TPSA) is 38.8 Å². The van der Waals surface area contributed by atoms with Crippen LogP contribution in [-0.2, 0) is 11.3 Å². The normalized spacial score (nSPS) is 19.1. The van der Waals surface area contributed by atoms with Crippen molar-refractivity contribution in [1.29, 1.82) is 0 Å². The molecule has 0 radical (unpaired) electrons. The lowest BCUT2D eigenvalue weighted by molar-refractivity contribution is 0.0676. The van der Waals surface area contributed by atoms with Gasteiger partial charge in [0.05, 0.1) is 6.10 Å². The van der Waals surface area contributed by atoms with E-state index in [1.807, 2.05) is 29.2 Å². The number of benzene rings is 2. The summed E-state index contributed by atoms with van der Waals surface area (Å²) in [5, 5.41) is 0. The van der Waals surface area contributed by atoms with Crippen LogP contribution in [0.1, 0.15) is 41.6 Å². The van der Waals surface area contributed by atoms with Crippen LogP contribution < -0.4 is 4.74 Å². The Kier molecular flexibility index (Phi) is 5.39. The van der Waals surface area contributed by atoms with Crippen molar-refractivity contribution in [3.63, 3.8) is 0 Å². The second kappa shape index (κ2) is 8.09. The van der Waals surface area contributed by atoms with Crippen molar-refractivity contribution in [2.75, 3.05) is 13.2 Å². The first-order valence-electron chi connectivity index (χ1n) is 9.59. The van der Waals surface area contributed by atoms with Crippen LogP contribution in [0.4, 0.5) is 4.39 Å². The first-order valence-corrected chi connectivity index (χ1v) is 9.59. The Bertz CT molecular complexity index is 800. The molecule has 4 rings (SSSR count). The summed E-state index contributed by atoms with van der Waals surface area (Å²) in [5.74, 6) is 0.363. The molecule has 0 N–H and O–H groups in total. The van der Waals surface area contributed by atoms with Gasteiger partial charge in [0.1, 0.15) is 18.2 Å². The smallest absolute Gasteiger partial charge is 0.254 e. The molecule has 1 aliphatic heterocycles. The van der Waals surface area contributed by atoms with Crippen molar-refractivity contribution in [2.24, 2.45) is 0 Å². The molecule has 1 heterocycles. The van der Waals surface area contributed by atoms with Crippen molar-refractivity contribution < 1.29 is 18.7 Å². The van der Waals surface area contributed by atoms with Crippen LogP contribution in [0.5, 0.6) is 5.75 Å². The molecule has 142 valence electrons. The van der Waals surface area contributed by atoms with E-state index in [0.717, 1.165) is 37.9 Å².